The zero-order valence-electron chi connectivity index (χ0n) is 25.8. The third-order valence-electron chi connectivity index (χ3n) is 8.49. The molecule has 4 heterocycles. The van der Waals surface area contributed by atoms with Crippen LogP contribution in [0.1, 0.15) is 36.9 Å². The Morgan fingerprint density at radius 2 is 1.83 bits per heavy atom. The summed E-state index contributed by atoms with van der Waals surface area (Å²) in [5.41, 5.74) is 4.58. The molecule has 0 fully saturated rings. The molecule has 2 amide bonds. The van der Waals surface area contributed by atoms with E-state index in [9.17, 15) is 18.5 Å². The van der Waals surface area contributed by atoms with Crippen LogP contribution in [0.2, 0.25) is 0 Å². The highest BCUT2D eigenvalue weighted by atomic mass is 32.2. The van der Waals surface area contributed by atoms with E-state index in [1.165, 1.54) is 17.4 Å². The third-order valence-corrected chi connectivity index (χ3v) is 11.1. The lowest BCUT2D eigenvalue weighted by atomic mass is 10.1. The first kappa shape index (κ1) is 30.9. The number of halogens is 1. The maximum Gasteiger partial charge on any atom is 0.276 e. The first-order chi connectivity index (χ1) is 22.8. The van der Waals surface area contributed by atoms with Gasteiger partial charge in [-0.1, -0.05) is 36.4 Å². The molecule has 0 bridgehead atoms. The van der Waals surface area contributed by atoms with Crippen molar-refractivity contribution in [1.82, 2.24) is 4.98 Å². The fourth-order valence-electron chi connectivity index (χ4n) is 6.03. The number of thiophene rings is 1. The summed E-state index contributed by atoms with van der Waals surface area (Å²) >= 11 is 0.150. The molecule has 1 unspecified atom stereocenters. The molecule has 2 aliphatic rings. The van der Waals surface area contributed by atoms with Crippen molar-refractivity contribution < 1.29 is 23.3 Å². The molecule has 7 rings (SSSR count). The highest BCUT2D eigenvalue weighted by molar-refractivity contribution is 7.91. The summed E-state index contributed by atoms with van der Waals surface area (Å²) in [7, 11) is 1.59. The molecule has 0 saturated heterocycles. The number of amides is 2. The Balaban J connectivity index is 1.15. The molecule has 0 spiro atoms. The molecule has 3 aromatic carbocycles. The highest BCUT2D eigenvalue weighted by Crippen LogP contribution is 2.42. The van der Waals surface area contributed by atoms with Crippen LogP contribution in [-0.4, -0.2) is 47.3 Å². The largest absolute Gasteiger partial charge is 0.611 e. The Morgan fingerprint density at radius 3 is 2.66 bits per heavy atom. The van der Waals surface area contributed by atoms with Gasteiger partial charge in [0.05, 0.1) is 29.9 Å². The monoisotopic (exact) mass is 666 g/mol. The van der Waals surface area contributed by atoms with Gasteiger partial charge >= 0.3 is 0 Å². The molecule has 11 heteroatoms. The van der Waals surface area contributed by atoms with Crippen molar-refractivity contribution in [2.45, 2.75) is 24.8 Å². The van der Waals surface area contributed by atoms with Gasteiger partial charge in [0.25, 0.3) is 11.8 Å². The number of benzene rings is 3. The second-order valence-electron chi connectivity index (χ2n) is 11.4. The Labute approximate surface area is 279 Å². The SMILES string of the molecule is COc1ccc2c(c1)[S+]([O-])CCN(c1cccc(C(=O)N3CCc4cc(C(=O)Nc5c(C)cccc5F)sc4-c4ccccc43)n1)C2. The summed E-state index contributed by atoms with van der Waals surface area (Å²) in [6.07, 6.45) is 0.524. The molecular weight excluding hydrogens is 636 g/mol. The van der Waals surface area contributed by atoms with E-state index in [0.29, 0.717) is 59.5 Å². The van der Waals surface area contributed by atoms with Crippen LogP contribution < -0.4 is 19.9 Å². The average Bonchev–Trinajstić information content (AvgIpc) is 3.37. The van der Waals surface area contributed by atoms with Gasteiger partial charge in [-0.05, 0) is 78.1 Å². The molecule has 8 nitrogen and oxygen atoms in total. The van der Waals surface area contributed by atoms with Gasteiger partial charge in [0, 0.05) is 35.2 Å². The Hall–Kier alpha value is -4.71. The number of carbonyl (C=O) groups is 2. The van der Waals surface area contributed by atoms with Crippen LogP contribution in [0.15, 0.2) is 89.8 Å². The van der Waals surface area contributed by atoms with Crippen LogP contribution >= 0.6 is 11.3 Å². The summed E-state index contributed by atoms with van der Waals surface area (Å²) in [5, 5.41) is 2.74. The lowest BCUT2D eigenvalue weighted by Gasteiger charge is -2.24. The van der Waals surface area contributed by atoms with E-state index in [1.807, 2.05) is 60.7 Å². The first-order valence-corrected chi connectivity index (χ1v) is 17.3. The number of aromatic nitrogens is 1. The number of ether oxygens (including phenoxy) is 1. The summed E-state index contributed by atoms with van der Waals surface area (Å²) in [6, 6.07) is 25.2. The molecule has 1 N–H and O–H groups in total. The lowest BCUT2D eigenvalue weighted by molar-refractivity contribution is 0.0981. The van der Waals surface area contributed by atoms with Crippen molar-refractivity contribution in [3.05, 3.63) is 118 Å². The van der Waals surface area contributed by atoms with Crippen LogP contribution in [0.25, 0.3) is 10.4 Å². The van der Waals surface area contributed by atoms with Gasteiger partial charge in [-0.3, -0.25) is 9.59 Å². The highest BCUT2D eigenvalue weighted by Gasteiger charge is 2.30. The van der Waals surface area contributed by atoms with Crippen molar-refractivity contribution >= 4 is 51.5 Å². The second kappa shape index (κ2) is 12.8. The van der Waals surface area contributed by atoms with E-state index in [2.05, 4.69) is 10.2 Å². The van der Waals surface area contributed by atoms with Gasteiger partial charge in [-0.25, -0.2) is 9.37 Å². The molecule has 1 atom stereocenters. The van der Waals surface area contributed by atoms with E-state index >= 15 is 0 Å². The van der Waals surface area contributed by atoms with E-state index in [4.69, 9.17) is 9.72 Å². The molecule has 0 aliphatic carbocycles. The zero-order chi connectivity index (χ0) is 32.7. The number of carbonyl (C=O) groups excluding carboxylic acids is 2. The number of hydrogen-bond donors (Lipinski definition) is 1. The number of rotatable bonds is 5. The van der Waals surface area contributed by atoms with Gasteiger partial charge in [-0.15, -0.1) is 11.3 Å². The molecule has 5 aromatic rings. The number of para-hydroxylation sites is 2. The number of fused-ring (bicyclic) bond motifs is 4. The van der Waals surface area contributed by atoms with Crippen LogP contribution in [0.3, 0.4) is 0 Å². The second-order valence-corrected chi connectivity index (χ2v) is 14.0. The standard InChI is InChI=1S/C36H31FN4O4S2/c1-22-7-5-9-27(37)33(22)39-35(42)30-19-23-15-16-41(29-11-4-3-8-26(29)34(23)46-30)36(43)28-10-6-12-32(38-28)40-17-18-47(44)31-20-25(45-2)14-13-24(31)21-40/h3-14,19-20H,15-18,21H2,1-2H3,(H,39,42). The predicted molar refractivity (Wildman–Crippen MR) is 184 cm³/mol. The smallest absolute Gasteiger partial charge is 0.276 e. The van der Waals surface area contributed by atoms with Gasteiger partial charge in [-0.2, -0.15) is 0 Å². The molecule has 47 heavy (non-hydrogen) atoms. The Morgan fingerprint density at radius 1 is 1.00 bits per heavy atom. The van der Waals surface area contributed by atoms with E-state index in [-0.39, 0.29) is 17.5 Å². The van der Waals surface area contributed by atoms with Crippen LogP contribution in [0, 0.1) is 12.7 Å². The van der Waals surface area contributed by atoms with Crippen LogP contribution in [0.5, 0.6) is 5.75 Å². The fourth-order valence-corrected chi connectivity index (χ4v) is 8.45. The minimum atomic E-state index is -1.18. The van der Waals surface area contributed by atoms with Gasteiger partial charge < -0.3 is 24.4 Å². The molecule has 238 valence electrons. The van der Waals surface area contributed by atoms with E-state index in [1.54, 1.807) is 37.1 Å². The number of hydrogen-bond acceptors (Lipinski definition) is 7. The topological polar surface area (TPSA) is 97.8 Å². The molecule has 0 radical (unpaired) electrons. The molecule has 2 aromatic heterocycles. The fraction of sp³-hybridized carbons (Fsp3) is 0.194. The Bertz CT molecular complexity index is 1990. The van der Waals surface area contributed by atoms with Crippen molar-refractivity contribution in [2.75, 3.05) is 41.1 Å². The summed E-state index contributed by atoms with van der Waals surface area (Å²) < 4.78 is 32.8. The van der Waals surface area contributed by atoms with E-state index in [0.717, 1.165) is 32.2 Å². The summed E-state index contributed by atoms with van der Waals surface area (Å²) in [4.78, 5) is 38.1. The van der Waals surface area contributed by atoms with Gasteiger partial charge in [0.1, 0.15) is 28.8 Å². The third kappa shape index (κ3) is 5.97. The normalized spacial score (nSPS) is 15.5. The van der Waals surface area contributed by atoms with Crippen molar-refractivity contribution in [2.24, 2.45) is 0 Å². The van der Waals surface area contributed by atoms with Crippen molar-refractivity contribution in [3.8, 4) is 16.2 Å². The van der Waals surface area contributed by atoms with Gasteiger partial charge in [0.15, 0.2) is 4.90 Å². The van der Waals surface area contributed by atoms with Gasteiger partial charge in [0.2, 0.25) is 0 Å². The molecule has 2 aliphatic heterocycles. The number of pyridine rings is 1. The first-order valence-electron chi connectivity index (χ1n) is 15.2. The predicted octanol–water partition coefficient (Wildman–Crippen LogP) is 6.85. The average molecular weight is 667 g/mol. The summed E-state index contributed by atoms with van der Waals surface area (Å²) in [6.45, 7) is 3.17. The van der Waals surface area contributed by atoms with E-state index < -0.39 is 17.0 Å². The quantitative estimate of drug-likeness (QED) is 0.206. The lowest BCUT2D eigenvalue weighted by Crippen LogP contribution is -2.34. The maximum absolute atomic E-state index is 14.4. The van der Waals surface area contributed by atoms with Crippen molar-refractivity contribution in [3.63, 3.8) is 0 Å². The number of nitrogens with one attached hydrogen (secondary N) is 1. The van der Waals surface area contributed by atoms with Crippen LogP contribution in [-0.2, 0) is 24.1 Å². The number of aryl methyl sites for hydroxylation is 1. The Kier molecular flexibility index (Phi) is 8.44. The zero-order valence-corrected chi connectivity index (χ0v) is 27.4. The number of anilines is 3. The number of nitrogens with zero attached hydrogens (tertiary/aromatic N) is 3. The minimum absolute atomic E-state index is 0.172. The molecule has 0 saturated carbocycles. The summed E-state index contributed by atoms with van der Waals surface area (Å²) in [5.74, 6) is 0.652. The molecular formula is C36H31FN4O4S2. The maximum atomic E-state index is 14.4. The van der Waals surface area contributed by atoms with Crippen molar-refractivity contribution in [1.29, 1.82) is 0 Å². The van der Waals surface area contributed by atoms with Crippen LogP contribution in [0.4, 0.5) is 21.6 Å². The number of methoxy groups -OCH3 is 1. The minimum Gasteiger partial charge on any atom is -0.611 e.